The quantitative estimate of drug-likeness (QED) is 0.870. The maximum atomic E-state index is 13.0. The summed E-state index contributed by atoms with van der Waals surface area (Å²) in [6.45, 7) is 1.98. The van der Waals surface area contributed by atoms with Gasteiger partial charge in [0, 0.05) is 11.8 Å². The van der Waals surface area contributed by atoms with Gasteiger partial charge in [-0.05, 0) is 31.0 Å². The zero-order valence-electron chi connectivity index (χ0n) is 9.57. The Hall–Kier alpha value is -1.23. The van der Waals surface area contributed by atoms with Crippen molar-refractivity contribution in [2.24, 2.45) is 0 Å². The molecule has 1 saturated heterocycles. The van der Waals surface area contributed by atoms with Crippen molar-refractivity contribution in [2.75, 3.05) is 0 Å². The molecule has 2 atom stereocenters. The Morgan fingerprint density at radius 2 is 2.29 bits per heavy atom. The number of benzene rings is 1. The first kappa shape index (κ1) is 12.2. The maximum Gasteiger partial charge on any atom is 0.315 e. The fourth-order valence-electron chi connectivity index (χ4n) is 1.78. The lowest BCUT2D eigenvalue weighted by atomic mass is 10.2. The first-order valence-corrected chi connectivity index (χ1v) is 6.61. The molecule has 2 N–H and O–H groups in total. The Morgan fingerprint density at radius 3 is 3.00 bits per heavy atom. The number of hydrogen-bond donors (Lipinski definition) is 2. The van der Waals surface area contributed by atoms with Gasteiger partial charge in [-0.1, -0.05) is 12.1 Å². The van der Waals surface area contributed by atoms with Crippen LogP contribution in [0.15, 0.2) is 24.3 Å². The van der Waals surface area contributed by atoms with E-state index in [0.29, 0.717) is 5.75 Å². The molecule has 0 spiro atoms. The zero-order chi connectivity index (χ0) is 12.3. The summed E-state index contributed by atoms with van der Waals surface area (Å²) in [7, 11) is 0. The minimum atomic E-state index is -0.217. The fraction of sp³-hybridized carbons (Fsp3) is 0.417. The van der Waals surface area contributed by atoms with Crippen molar-refractivity contribution in [3.05, 3.63) is 35.6 Å². The van der Waals surface area contributed by atoms with Gasteiger partial charge < -0.3 is 10.6 Å². The number of halogens is 1. The molecule has 0 saturated carbocycles. The first-order chi connectivity index (χ1) is 8.13. The number of carbonyl (C=O) groups is 1. The van der Waals surface area contributed by atoms with E-state index in [1.165, 1.54) is 12.1 Å². The summed E-state index contributed by atoms with van der Waals surface area (Å²) in [6.07, 6.45) is 0.881. The summed E-state index contributed by atoms with van der Waals surface area (Å²) in [4.78, 5) is 11.3. The zero-order valence-corrected chi connectivity index (χ0v) is 10.4. The van der Waals surface area contributed by atoms with Crippen LogP contribution in [0.25, 0.3) is 0 Å². The number of amides is 2. The summed E-state index contributed by atoms with van der Waals surface area (Å²) < 4.78 is 13.0. The number of hydrogen-bond acceptors (Lipinski definition) is 2. The van der Waals surface area contributed by atoms with Crippen LogP contribution in [0.1, 0.15) is 18.9 Å². The lowest BCUT2D eigenvalue weighted by molar-refractivity contribution is 0.228. The molecule has 5 heteroatoms. The highest BCUT2D eigenvalue weighted by molar-refractivity contribution is 7.99. The van der Waals surface area contributed by atoms with E-state index in [2.05, 4.69) is 10.6 Å². The Kier molecular flexibility index (Phi) is 3.89. The van der Waals surface area contributed by atoms with Gasteiger partial charge in [0.05, 0.1) is 5.37 Å². The molecule has 1 heterocycles. The lowest BCUT2D eigenvalue weighted by Gasteiger charge is -2.28. The van der Waals surface area contributed by atoms with Gasteiger partial charge in [0.1, 0.15) is 5.82 Å². The molecule has 17 heavy (non-hydrogen) atoms. The van der Waals surface area contributed by atoms with Crippen LogP contribution in [0.4, 0.5) is 9.18 Å². The Bertz CT molecular complexity index is 413. The smallest absolute Gasteiger partial charge is 0.315 e. The van der Waals surface area contributed by atoms with Gasteiger partial charge in [0.25, 0.3) is 0 Å². The van der Waals surface area contributed by atoms with Crippen LogP contribution in [0.2, 0.25) is 0 Å². The molecule has 1 aliphatic rings. The minimum absolute atomic E-state index is 0.0991. The van der Waals surface area contributed by atoms with Crippen LogP contribution in [0, 0.1) is 5.82 Å². The number of nitrogens with one attached hydrogen (secondary N) is 2. The van der Waals surface area contributed by atoms with Gasteiger partial charge >= 0.3 is 6.03 Å². The summed E-state index contributed by atoms with van der Waals surface area (Å²) in [5.74, 6) is 0.487. The first-order valence-electron chi connectivity index (χ1n) is 5.56. The fourth-order valence-corrected chi connectivity index (χ4v) is 2.97. The summed E-state index contributed by atoms with van der Waals surface area (Å²) in [6, 6.07) is 6.62. The third-order valence-corrected chi connectivity index (χ3v) is 3.79. The topological polar surface area (TPSA) is 41.1 Å². The molecule has 3 nitrogen and oxygen atoms in total. The standard InChI is InChI=1S/C12H15FN2OS/c1-8-5-11(15-12(16)14-8)17-7-9-3-2-4-10(13)6-9/h2-4,6,8,11H,5,7H2,1H3,(H2,14,15,16). The van der Waals surface area contributed by atoms with Crippen LogP contribution in [-0.2, 0) is 5.75 Å². The van der Waals surface area contributed by atoms with Crippen LogP contribution in [0.5, 0.6) is 0 Å². The predicted molar refractivity (Wildman–Crippen MR) is 67.2 cm³/mol. The number of rotatable bonds is 3. The Morgan fingerprint density at radius 1 is 1.47 bits per heavy atom. The van der Waals surface area contributed by atoms with Gasteiger partial charge in [-0.25, -0.2) is 9.18 Å². The second-order valence-corrected chi connectivity index (χ2v) is 5.38. The van der Waals surface area contributed by atoms with Crippen LogP contribution >= 0.6 is 11.8 Å². The van der Waals surface area contributed by atoms with Crippen molar-refractivity contribution in [1.82, 2.24) is 10.6 Å². The van der Waals surface area contributed by atoms with Crippen molar-refractivity contribution < 1.29 is 9.18 Å². The summed E-state index contributed by atoms with van der Waals surface area (Å²) in [5.41, 5.74) is 0.940. The lowest BCUT2D eigenvalue weighted by Crippen LogP contribution is -2.52. The number of thioether (sulfide) groups is 1. The summed E-state index contributed by atoms with van der Waals surface area (Å²) in [5, 5.41) is 5.74. The van der Waals surface area contributed by atoms with Crippen LogP contribution in [0.3, 0.4) is 0 Å². The van der Waals surface area contributed by atoms with E-state index in [1.54, 1.807) is 17.8 Å². The molecule has 0 aliphatic carbocycles. The van der Waals surface area contributed by atoms with Crippen molar-refractivity contribution in [3.8, 4) is 0 Å². The monoisotopic (exact) mass is 254 g/mol. The van der Waals surface area contributed by atoms with E-state index >= 15 is 0 Å². The van der Waals surface area contributed by atoms with Gasteiger partial charge in [-0.2, -0.15) is 0 Å². The molecule has 0 radical (unpaired) electrons. The summed E-state index contributed by atoms with van der Waals surface area (Å²) >= 11 is 1.63. The van der Waals surface area contributed by atoms with Gasteiger partial charge in [0.2, 0.25) is 0 Å². The number of urea groups is 1. The highest BCUT2D eigenvalue weighted by Crippen LogP contribution is 2.21. The van der Waals surface area contributed by atoms with E-state index in [0.717, 1.165) is 12.0 Å². The number of carbonyl (C=O) groups excluding carboxylic acids is 1. The third kappa shape index (κ3) is 3.63. The molecule has 1 aliphatic heterocycles. The highest BCUT2D eigenvalue weighted by atomic mass is 32.2. The Balaban J connectivity index is 1.87. The van der Waals surface area contributed by atoms with E-state index < -0.39 is 0 Å². The van der Waals surface area contributed by atoms with Gasteiger partial charge in [0.15, 0.2) is 0 Å². The van der Waals surface area contributed by atoms with E-state index in [4.69, 9.17) is 0 Å². The SMILES string of the molecule is CC1CC(SCc2cccc(F)c2)NC(=O)N1. The molecule has 1 aromatic carbocycles. The average Bonchev–Trinajstić information content (AvgIpc) is 2.25. The molecule has 92 valence electrons. The molecule has 2 amide bonds. The van der Waals surface area contributed by atoms with Crippen LogP contribution in [-0.4, -0.2) is 17.4 Å². The molecule has 2 rings (SSSR count). The van der Waals surface area contributed by atoms with Crippen molar-refractivity contribution >= 4 is 17.8 Å². The average molecular weight is 254 g/mol. The maximum absolute atomic E-state index is 13.0. The highest BCUT2D eigenvalue weighted by Gasteiger charge is 2.22. The third-order valence-electron chi connectivity index (χ3n) is 2.58. The van der Waals surface area contributed by atoms with E-state index in [-0.39, 0.29) is 23.3 Å². The minimum Gasteiger partial charge on any atom is -0.336 e. The molecule has 1 aromatic rings. The molecular weight excluding hydrogens is 239 g/mol. The second kappa shape index (κ2) is 5.40. The second-order valence-electron chi connectivity index (χ2n) is 4.18. The van der Waals surface area contributed by atoms with Crippen molar-refractivity contribution in [1.29, 1.82) is 0 Å². The molecule has 0 bridgehead atoms. The van der Waals surface area contributed by atoms with Gasteiger partial charge in [-0.15, -0.1) is 11.8 Å². The van der Waals surface area contributed by atoms with Gasteiger partial charge in [-0.3, -0.25) is 0 Å². The predicted octanol–water partition coefficient (Wildman–Crippen LogP) is 2.48. The van der Waals surface area contributed by atoms with Crippen LogP contribution < -0.4 is 10.6 Å². The molecule has 0 aromatic heterocycles. The van der Waals surface area contributed by atoms with E-state index in [9.17, 15) is 9.18 Å². The molecule has 2 unspecified atom stereocenters. The molecule has 1 fully saturated rings. The largest absolute Gasteiger partial charge is 0.336 e. The van der Waals surface area contributed by atoms with Crippen molar-refractivity contribution in [2.45, 2.75) is 30.5 Å². The normalized spacial score (nSPS) is 24.0. The van der Waals surface area contributed by atoms with Crippen molar-refractivity contribution in [3.63, 3.8) is 0 Å². The molecular formula is C12H15FN2OS. The Labute approximate surface area is 104 Å². The van der Waals surface area contributed by atoms with E-state index in [1.807, 2.05) is 13.0 Å².